The van der Waals surface area contributed by atoms with Gasteiger partial charge in [-0.25, -0.2) is 0 Å². The van der Waals surface area contributed by atoms with Gasteiger partial charge in [-0.05, 0) is 78.8 Å². The standard InChI is InChI=1S/C21H21IN2O/c1-15-11-20(9-10-21(15)22)24-16(2)12-19(17(24)3)13-23-25-14-18-7-5-4-6-8-18/h4-13H,14H2,1-3H3/b23-13+. The Bertz CT molecular complexity index is 898. The molecule has 0 amide bonds. The molecule has 0 radical (unpaired) electrons. The van der Waals surface area contributed by atoms with E-state index in [1.54, 1.807) is 6.21 Å². The molecule has 0 fully saturated rings. The molecule has 0 aliphatic heterocycles. The van der Waals surface area contributed by atoms with E-state index in [0.717, 1.165) is 16.8 Å². The normalized spacial score (nSPS) is 11.2. The van der Waals surface area contributed by atoms with Crippen molar-refractivity contribution in [3.63, 3.8) is 0 Å². The molecule has 0 aliphatic rings. The van der Waals surface area contributed by atoms with Crippen molar-refractivity contribution < 1.29 is 4.84 Å². The summed E-state index contributed by atoms with van der Waals surface area (Å²) in [4.78, 5) is 5.43. The van der Waals surface area contributed by atoms with Crippen LogP contribution in [0.3, 0.4) is 0 Å². The number of halogens is 1. The Balaban J connectivity index is 1.77. The summed E-state index contributed by atoms with van der Waals surface area (Å²) in [6.07, 6.45) is 1.79. The van der Waals surface area contributed by atoms with Crippen LogP contribution in [0.25, 0.3) is 5.69 Å². The van der Waals surface area contributed by atoms with Crippen molar-refractivity contribution in [2.45, 2.75) is 27.4 Å². The van der Waals surface area contributed by atoms with E-state index in [2.05, 4.69) is 77.4 Å². The van der Waals surface area contributed by atoms with Crippen LogP contribution in [0.15, 0.2) is 59.8 Å². The molecular weight excluding hydrogens is 423 g/mol. The molecule has 1 aromatic heterocycles. The van der Waals surface area contributed by atoms with Crippen LogP contribution in [0, 0.1) is 24.3 Å². The molecular formula is C21H21IN2O. The fourth-order valence-electron chi connectivity index (χ4n) is 2.86. The highest BCUT2D eigenvalue weighted by Gasteiger charge is 2.10. The molecule has 0 spiro atoms. The van der Waals surface area contributed by atoms with Crippen molar-refractivity contribution in [1.82, 2.24) is 4.57 Å². The van der Waals surface area contributed by atoms with E-state index >= 15 is 0 Å². The Labute approximate surface area is 162 Å². The van der Waals surface area contributed by atoms with Gasteiger partial charge in [-0.15, -0.1) is 0 Å². The zero-order valence-electron chi connectivity index (χ0n) is 14.7. The lowest BCUT2D eigenvalue weighted by atomic mass is 10.2. The van der Waals surface area contributed by atoms with Crippen molar-refractivity contribution >= 4 is 28.8 Å². The largest absolute Gasteiger partial charge is 0.391 e. The van der Waals surface area contributed by atoms with Gasteiger partial charge in [0.25, 0.3) is 0 Å². The minimum Gasteiger partial charge on any atom is -0.391 e. The van der Waals surface area contributed by atoms with Crippen molar-refractivity contribution in [2.24, 2.45) is 5.16 Å². The third-order valence-electron chi connectivity index (χ3n) is 4.21. The van der Waals surface area contributed by atoms with E-state index in [0.29, 0.717) is 6.61 Å². The fraction of sp³-hybridized carbons (Fsp3) is 0.190. The number of aromatic nitrogens is 1. The minimum absolute atomic E-state index is 0.479. The Morgan fingerprint density at radius 3 is 2.52 bits per heavy atom. The zero-order valence-corrected chi connectivity index (χ0v) is 16.8. The predicted molar refractivity (Wildman–Crippen MR) is 112 cm³/mol. The summed E-state index contributed by atoms with van der Waals surface area (Å²) in [5.74, 6) is 0. The second-order valence-electron chi connectivity index (χ2n) is 6.09. The first-order valence-corrected chi connectivity index (χ1v) is 9.29. The first-order chi connectivity index (χ1) is 12.1. The molecule has 3 rings (SSSR count). The summed E-state index contributed by atoms with van der Waals surface area (Å²) < 4.78 is 3.53. The average molecular weight is 444 g/mol. The van der Waals surface area contributed by atoms with Gasteiger partial charge in [0.1, 0.15) is 6.61 Å². The number of oxime groups is 1. The molecule has 0 saturated heterocycles. The number of nitrogens with zero attached hydrogens (tertiary/aromatic N) is 2. The van der Waals surface area contributed by atoms with Crippen LogP contribution in [0.4, 0.5) is 0 Å². The number of hydrogen-bond donors (Lipinski definition) is 0. The third kappa shape index (κ3) is 4.12. The quantitative estimate of drug-likeness (QED) is 0.288. The Hall–Kier alpha value is -2.08. The van der Waals surface area contributed by atoms with E-state index in [1.165, 1.54) is 20.5 Å². The smallest absolute Gasteiger partial charge is 0.142 e. The molecule has 25 heavy (non-hydrogen) atoms. The van der Waals surface area contributed by atoms with E-state index in [-0.39, 0.29) is 0 Å². The van der Waals surface area contributed by atoms with Gasteiger partial charge < -0.3 is 9.40 Å². The zero-order chi connectivity index (χ0) is 17.8. The summed E-state index contributed by atoms with van der Waals surface area (Å²) in [5.41, 5.74) is 6.99. The predicted octanol–water partition coefficient (Wildman–Crippen LogP) is 5.56. The van der Waals surface area contributed by atoms with Gasteiger partial charge in [0.15, 0.2) is 0 Å². The van der Waals surface area contributed by atoms with Crippen molar-refractivity contribution in [2.75, 3.05) is 0 Å². The lowest BCUT2D eigenvalue weighted by molar-refractivity contribution is 0.132. The molecule has 0 bridgehead atoms. The topological polar surface area (TPSA) is 26.5 Å². The average Bonchev–Trinajstić information content (AvgIpc) is 2.89. The second kappa shape index (κ2) is 7.87. The lowest BCUT2D eigenvalue weighted by Gasteiger charge is -2.11. The molecule has 128 valence electrons. The highest BCUT2D eigenvalue weighted by atomic mass is 127. The molecule has 3 nitrogen and oxygen atoms in total. The van der Waals surface area contributed by atoms with Gasteiger partial charge in [0.2, 0.25) is 0 Å². The van der Waals surface area contributed by atoms with Gasteiger partial charge in [-0.2, -0.15) is 0 Å². The van der Waals surface area contributed by atoms with Crippen molar-refractivity contribution in [3.8, 4) is 5.69 Å². The molecule has 2 aromatic carbocycles. The summed E-state index contributed by atoms with van der Waals surface area (Å²) in [6.45, 7) is 6.84. The van der Waals surface area contributed by atoms with Crippen LogP contribution < -0.4 is 0 Å². The van der Waals surface area contributed by atoms with Crippen LogP contribution in [-0.4, -0.2) is 10.8 Å². The maximum absolute atomic E-state index is 5.43. The number of benzene rings is 2. The van der Waals surface area contributed by atoms with Gasteiger partial charge in [0.05, 0.1) is 6.21 Å². The molecule has 0 unspecified atom stereocenters. The van der Waals surface area contributed by atoms with E-state index in [1.807, 2.05) is 30.3 Å². The van der Waals surface area contributed by atoms with E-state index in [9.17, 15) is 0 Å². The van der Waals surface area contributed by atoms with Crippen LogP contribution in [0.1, 0.15) is 28.1 Å². The van der Waals surface area contributed by atoms with Crippen molar-refractivity contribution in [1.29, 1.82) is 0 Å². The third-order valence-corrected chi connectivity index (χ3v) is 5.42. The molecule has 0 aliphatic carbocycles. The van der Waals surface area contributed by atoms with Gasteiger partial charge in [0, 0.05) is 26.2 Å². The Morgan fingerprint density at radius 1 is 1.04 bits per heavy atom. The summed E-state index contributed by atoms with van der Waals surface area (Å²) >= 11 is 2.36. The monoisotopic (exact) mass is 444 g/mol. The fourth-order valence-corrected chi connectivity index (χ4v) is 3.20. The van der Waals surface area contributed by atoms with Crippen LogP contribution in [-0.2, 0) is 11.4 Å². The van der Waals surface area contributed by atoms with Crippen LogP contribution >= 0.6 is 22.6 Å². The molecule has 1 heterocycles. The van der Waals surface area contributed by atoms with E-state index in [4.69, 9.17) is 4.84 Å². The molecule has 0 atom stereocenters. The highest BCUT2D eigenvalue weighted by Crippen LogP contribution is 2.22. The number of rotatable bonds is 5. The van der Waals surface area contributed by atoms with Gasteiger partial charge in [-0.1, -0.05) is 35.5 Å². The molecule has 3 aromatic rings. The van der Waals surface area contributed by atoms with Crippen LogP contribution in [0.5, 0.6) is 0 Å². The molecule has 0 saturated carbocycles. The summed E-state index contributed by atoms with van der Waals surface area (Å²) in [5, 5.41) is 4.14. The maximum atomic E-state index is 5.43. The minimum atomic E-state index is 0.479. The van der Waals surface area contributed by atoms with Gasteiger partial charge >= 0.3 is 0 Å². The summed E-state index contributed by atoms with van der Waals surface area (Å²) in [6, 6.07) is 18.7. The Morgan fingerprint density at radius 2 is 1.80 bits per heavy atom. The van der Waals surface area contributed by atoms with Crippen LogP contribution in [0.2, 0.25) is 0 Å². The Kier molecular flexibility index (Phi) is 5.58. The van der Waals surface area contributed by atoms with Crippen molar-refractivity contribution in [3.05, 3.63) is 86.2 Å². The van der Waals surface area contributed by atoms with Gasteiger partial charge in [-0.3, -0.25) is 0 Å². The molecule has 4 heteroatoms. The maximum Gasteiger partial charge on any atom is 0.142 e. The second-order valence-corrected chi connectivity index (χ2v) is 7.25. The first-order valence-electron chi connectivity index (χ1n) is 8.21. The molecule has 0 N–H and O–H groups in total. The number of aryl methyl sites for hydroxylation is 2. The van der Waals surface area contributed by atoms with E-state index < -0.39 is 0 Å². The first kappa shape index (κ1) is 17.7. The lowest BCUT2D eigenvalue weighted by Crippen LogP contribution is -2.00. The number of hydrogen-bond acceptors (Lipinski definition) is 2. The SMILES string of the molecule is Cc1cc(-n2c(C)cc(/C=N/OCc3ccccc3)c2C)ccc1I. The summed E-state index contributed by atoms with van der Waals surface area (Å²) in [7, 11) is 0. The highest BCUT2D eigenvalue weighted by molar-refractivity contribution is 14.1.